The zero-order valence-electron chi connectivity index (χ0n) is 14.3. The van der Waals surface area contributed by atoms with Crippen LogP contribution in [-0.2, 0) is 9.47 Å². The van der Waals surface area contributed by atoms with Crippen molar-refractivity contribution in [2.75, 3.05) is 38.2 Å². The van der Waals surface area contributed by atoms with Crippen LogP contribution in [0, 0.1) is 0 Å². The van der Waals surface area contributed by atoms with Crippen LogP contribution in [0.1, 0.15) is 31.1 Å². The third kappa shape index (κ3) is 4.59. The molecule has 2 rings (SSSR count). The molecule has 1 saturated heterocycles. The first-order valence-electron chi connectivity index (χ1n) is 7.68. The van der Waals surface area contributed by atoms with Gasteiger partial charge < -0.3 is 19.3 Å². The van der Waals surface area contributed by atoms with Crippen molar-refractivity contribution in [2.24, 2.45) is 0 Å². The van der Waals surface area contributed by atoms with Crippen molar-refractivity contribution in [3.8, 4) is 0 Å². The van der Waals surface area contributed by atoms with Crippen LogP contribution in [0.2, 0.25) is 0 Å². The van der Waals surface area contributed by atoms with Gasteiger partial charge in [-0.25, -0.2) is 14.6 Å². The number of ether oxygens (including phenoxy) is 2. The van der Waals surface area contributed by atoms with Crippen molar-refractivity contribution in [3.63, 3.8) is 0 Å². The molecule has 0 aliphatic carbocycles. The number of pyridine rings is 1. The van der Waals surface area contributed by atoms with E-state index in [-0.39, 0.29) is 6.09 Å². The molecule has 1 aromatic rings. The van der Waals surface area contributed by atoms with Crippen LogP contribution in [0.25, 0.3) is 0 Å². The molecule has 0 radical (unpaired) electrons. The number of hydrogen-bond acceptors (Lipinski definition) is 6. The molecule has 0 atom stereocenters. The number of esters is 1. The third-order valence-corrected chi connectivity index (χ3v) is 3.90. The predicted octanol–water partition coefficient (Wildman–Crippen LogP) is 2.69. The van der Waals surface area contributed by atoms with Gasteiger partial charge in [0.2, 0.25) is 0 Å². The predicted molar refractivity (Wildman–Crippen MR) is 93.3 cm³/mol. The molecule has 0 N–H and O–H groups in total. The van der Waals surface area contributed by atoms with Crippen LogP contribution in [0.15, 0.2) is 16.7 Å². The van der Waals surface area contributed by atoms with Gasteiger partial charge in [0.15, 0.2) is 0 Å². The van der Waals surface area contributed by atoms with E-state index in [0.717, 1.165) is 0 Å². The van der Waals surface area contributed by atoms with E-state index in [1.54, 1.807) is 17.2 Å². The van der Waals surface area contributed by atoms with Gasteiger partial charge in [-0.3, -0.25) is 0 Å². The minimum atomic E-state index is -0.514. The maximum atomic E-state index is 12.1. The second-order valence-corrected chi connectivity index (χ2v) is 7.39. The number of anilines is 1. The first kappa shape index (κ1) is 18.5. The normalized spacial score (nSPS) is 15.2. The van der Waals surface area contributed by atoms with Crippen molar-refractivity contribution >= 4 is 33.8 Å². The molecule has 2 heterocycles. The number of methoxy groups -OCH3 is 1. The van der Waals surface area contributed by atoms with Crippen molar-refractivity contribution in [1.82, 2.24) is 9.88 Å². The summed E-state index contributed by atoms with van der Waals surface area (Å²) in [6.07, 6.45) is 1.32. The summed E-state index contributed by atoms with van der Waals surface area (Å²) in [5.41, 5.74) is -0.114. The number of hydrogen-bond donors (Lipinski definition) is 0. The highest BCUT2D eigenvalue weighted by atomic mass is 79.9. The van der Waals surface area contributed by atoms with E-state index >= 15 is 0 Å². The lowest BCUT2D eigenvalue weighted by atomic mass is 10.2. The number of aromatic nitrogens is 1. The molecule has 1 amide bonds. The van der Waals surface area contributed by atoms with Gasteiger partial charge in [0.1, 0.15) is 17.0 Å². The Labute approximate surface area is 150 Å². The zero-order valence-corrected chi connectivity index (χ0v) is 15.9. The molecule has 0 spiro atoms. The van der Waals surface area contributed by atoms with Gasteiger partial charge >= 0.3 is 12.1 Å². The molecule has 24 heavy (non-hydrogen) atoms. The highest BCUT2D eigenvalue weighted by molar-refractivity contribution is 9.10. The molecule has 0 unspecified atom stereocenters. The van der Waals surface area contributed by atoms with E-state index in [9.17, 15) is 9.59 Å². The molecule has 0 bridgehead atoms. The first-order chi connectivity index (χ1) is 11.2. The smallest absolute Gasteiger partial charge is 0.410 e. The second-order valence-electron chi connectivity index (χ2n) is 6.47. The van der Waals surface area contributed by atoms with Crippen LogP contribution in [0.3, 0.4) is 0 Å². The lowest BCUT2D eigenvalue weighted by Crippen LogP contribution is -2.50. The van der Waals surface area contributed by atoms with Gasteiger partial charge in [0, 0.05) is 36.8 Å². The number of amides is 1. The summed E-state index contributed by atoms with van der Waals surface area (Å²) < 4.78 is 10.9. The van der Waals surface area contributed by atoms with Gasteiger partial charge in [0.25, 0.3) is 0 Å². The van der Waals surface area contributed by atoms with Crippen LogP contribution in [0.4, 0.5) is 10.6 Å². The van der Waals surface area contributed by atoms with E-state index in [1.165, 1.54) is 7.11 Å². The fourth-order valence-electron chi connectivity index (χ4n) is 2.37. The van der Waals surface area contributed by atoms with Crippen molar-refractivity contribution < 1.29 is 19.1 Å². The Balaban J connectivity index is 2.07. The van der Waals surface area contributed by atoms with Crippen LogP contribution in [-0.4, -0.2) is 60.8 Å². The van der Waals surface area contributed by atoms with E-state index in [1.807, 2.05) is 25.7 Å². The summed E-state index contributed by atoms with van der Waals surface area (Å²) in [6, 6.07) is 1.69. The number of carbonyl (C=O) groups is 2. The highest BCUT2D eigenvalue weighted by Gasteiger charge is 2.28. The van der Waals surface area contributed by atoms with Gasteiger partial charge in [0.05, 0.1) is 7.11 Å². The highest BCUT2D eigenvalue weighted by Crippen LogP contribution is 2.24. The fourth-order valence-corrected chi connectivity index (χ4v) is 2.70. The average molecular weight is 400 g/mol. The summed E-state index contributed by atoms with van der Waals surface area (Å²) in [4.78, 5) is 32.1. The average Bonchev–Trinajstić information content (AvgIpc) is 2.52. The summed E-state index contributed by atoms with van der Waals surface area (Å²) in [6.45, 7) is 7.68. The van der Waals surface area contributed by atoms with Gasteiger partial charge in [-0.15, -0.1) is 0 Å². The van der Waals surface area contributed by atoms with E-state index in [2.05, 4.69) is 20.9 Å². The van der Waals surface area contributed by atoms with E-state index in [0.29, 0.717) is 42.0 Å². The Morgan fingerprint density at radius 2 is 1.83 bits per heavy atom. The molecule has 8 heteroatoms. The quantitative estimate of drug-likeness (QED) is 0.711. The molecule has 132 valence electrons. The third-order valence-electron chi connectivity index (χ3n) is 3.47. The van der Waals surface area contributed by atoms with Crippen LogP contribution in [0.5, 0.6) is 0 Å². The Morgan fingerprint density at radius 3 is 2.38 bits per heavy atom. The van der Waals surface area contributed by atoms with Crippen molar-refractivity contribution in [1.29, 1.82) is 0 Å². The zero-order chi connectivity index (χ0) is 17.9. The number of carbonyl (C=O) groups excluding carboxylic acids is 2. The summed E-state index contributed by atoms with van der Waals surface area (Å²) in [5, 5.41) is 0. The number of halogens is 1. The van der Waals surface area contributed by atoms with E-state index < -0.39 is 11.6 Å². The standard InChI is InChI=1S/C16H22BrN3O4/c1-16(2,3)24-15(22)20-7-5-19(6-8-20)13-12(14(21)23-4)9-11(17)10-18-13/h9-10H,5-8H2,1-4H3. The van der Waals surface area contributed by atoms with Gasteiger partial charge in [-0.2, -0.15) is 0 Å². The maximum Gasteiger partial charge on any atom is 0.410 e. The molecular weight excluding hydrogens is 378 g/mol. The minimum absolute atomic E-state index is 0.320. The molecule has 0 aromatic carbocycles. The molecule has 1 aliphatic heterocycles. The second kappa shape index (κ2) is 7.38. The molecular formula is C16H22BrN3O4. The Bertz CT molecular complexity index is 622. The van der Waals surface area contributed by atoms with Gasteiger partial charge in [-0.1, -0.05) is 0 Å². The lowest BCUT2D eigenvalue weighted by Gasteiger charge is -2.36. The number of nitrogens with zero attached hydrogens (tertiary/aromatic N) is 3. The summed E-state index contributed by atoms with van der Waals surface area (Å²) in [7, 11) is 1.34. The number of piperazine rings is 1. The SMILES string of the molecule is COC(=O)c1cc(Br)cnc1N1CCN(C(=O)OC(C)(C)C)CC1. The monoisotopic (exact) mass is 399 g/mol. The Hall–Kier alpha value is -1.83. The molecule has 0 saturated carbocycles. The van der Waals surface area contributed by atoms with Crippen molar-refractivity contribution in [2.45, 2.75) is 26.4 Å². The largest absolute Gasteiger partial charge is 0.465 e. The fraction of sp³-hybridized carbons (Fsp3) is 0.562. The Morgan fingerprint density at radius 1 is 1.21 bits per heavy atom. The van der Waals surface area contributed by atoms with Crippen LogP contribution < -0.4 is 4.90 Å². The van der Waals surface area contributed by atoms with Crippen LogP contribution >= 0.6 is 15.9 Å². The first-order valence-corrected chi connectivity index (χ1v) is 8.47. The topological polar surface area (TPSA) is 72.0 Å². The Kier molecular flexibility index (Phi) is 5.69. The minimum Gasteiger partial charge on any atom is -0.465 e. The summed E-state index contributed by atoms with van der Waals surface area (Å²) in [5.74, 6) is 0.127. The lowest BCUT2D eigenvalue weighted by molar-refractivity contribution is 0.0239. The van der Waals surface area contributed by atoms with Crippen molar-refractivity contribution in [3.05, 3.63) is 22.3 Å². The number of rotatable bonds is 2. The van der Waals surface area contributed by atoms with Gasteiger partial charge in [-0.05, 0) is 42.8 Å². The van der Waals surface area contributed by atoms with E-state index in [4.69, 9.17) is 9.47 Å². The summed E-state index contributed by atoms with van der Waals surface area (Å²) >= 11 is 3.32. The molecule has 1 aromatic heterocycles. The molecule has 7 nitrogen and oxygen atoms in total. The maximum absolute atomic E-state index is 12.1. The molecule has 1 aliphatic rings. The molecule has 1 fully saturated rings.